The van der Waals surface area contributed by atoms with Crippen molar-refractivity contribution in [3.8, 4) is 0 Å². The molecule has 1 aromatic rings. The first-order valence-electron chi connectivity index (χ1n) is 6.63. The Morgan fingerprint density at radius 3 is 2.33 bits per heavy atom. The fraction of sp³-hybridized carbons (Fsp3) is 0.692. The van der Waals surface area contributed by atoms with Crippen LogP contribution in [-0.4, -0.2) is 47.6 Å². The molecule has 5 nitrogen and oxygen atoms in total. The summed E-state index contributed by atoms with van der Waals surface area (Å²) in [5.41, 5.74) is 0. The molecule has 2 N–H and O–H groups in total. The van der Waals surface area contributed by atoms with Gasteiger partial charge in [-0.25, -0.2) is 9.97 Å². The molecule has 0 saturated carbocycles. The highest BCUT2D eigenvalue weighted by molar-refractivity contribution is 5.46. The molecule has 0 aromatic carbocycles. The third-order valence-electron chi connectivity index (χ3n) is 2.88. The molecule has 1 heterocycles. The van der Waals surface area contributed by atoms with Crippen molar-refractivity contribution in [3.05, 3.63) is 12.4 Å². The summed E-state index contributed by atoms with van der Waals surface area (Å²) in [5.74, 6) is 1.76. The van der Waals surface area contributed by atoms with Crippen LogP contribution >= 0.6 is 0 Å². The molecule has 0 aliphatic rings. The lowest BCUT2D eigenvalue weighted by atomic mass is 10.3. The topological polar surface area (TPSA) is 53.1 Å². The summed E-state index contributed by atoms with van der Waals surface area (Å²) in [7, 11) is 2.13. The van der Waals surface area contributed by atoms with E-state index in [2.05, 4.69) is 53.3 Å². The first-order chi connectivity index (χ1) is 8.63. The van der Waals surface area contributed by atoms with Crippen LogP contribution in [0.3, 0.4) is 0 Å². The zero-order valence-electron chi connectivity index (χ0n) is 11.9. The molecule has 18 heavy (non-hydrogen) atoms. The number of nitrogens with zero attached hydrogens (tertiary/aromatic N) is 3. The van der Waals surface area contributed by atoms with Crippen LogP contribution in [0.25, 0.3) is 0 Å². The summed E-state index contributed by atoms with van der Waals surface area (Å²) in [6.07, 6.45) is 2.68. The smallest absolute Gasteiger partial charge is 0.131 e. The summed E-state index contributed by atoms with van der Waals surface area (Å²) in [6.45, 7) is 9.34. The highest BCUT2D eigenvalue weighted by Crippen LogP contribution is 2.08. The molecule has 0 unspecified atom stereocenters. The van der Waals surface area contributed by atoms with E-state index in [-0.39, 0.29) is 0 Å². The molecule has 0 radical (unpaired) electrons. The lowest BCUT2D eigenvalue weighted by Gasteiger charge is -2.21. The van der Waals surface area contributed by atoms with Gasteiger partial charge in [-0.15, -0.1) is 0 Å². The van der Waals surface area contributed by atoms with Gasteiger partial charge in [-0.1, -0.05) is 6.92 Å². The zero-order chi connectivity index (χ0) is 13.4. The molecular formula is C13H25N5. The second kappa shape index (κ2) is 7.87. The van der Waals surface area contributed by atoms with Crippen LogP contribution in [0.15, 0.2) is 12.4 Å². The molecular weight excluding hydrogens is 226 g/mol. The van der Waals surface area contributed by atoms with Crippen molar-refractivity contribution < 1.29 is 0 Å². The molecule has 1 aromatic heterocycles. The van der Waals surface area contributed by atoms with E-state index in [1.54, 1.807) is 6.33 Å². The Morgan fingerprint density at radius 1 is 1.17 bits per heavy atom. The Kier molecular flexibility index (Phi) is 6.43. The van der Waals surface area contributed by atoms with Crippen molar-refractivity contribution in [1.29, 1.82) is 0 Å². The van der Waals surface area contributed by atoms with Crippen LogP contribution in [0, 0.1) is 0 Å². The average molecular weight is 251 g/mol. The highest BCUT2D eigenvalue weighted by atomic mass is 15.1. The van der Waals surface area contributed by atoms with Gasteiger partial charge in [0.25, 0.3) is 0 Å². The van der Waals surface area contributed by atoms with Crippen LogP contribution in [-0.2, 0) is 0 Å². The van der Waals surface area contributed by atoms with Crippen molar-refractivity contribution in [3.63, 3.8) is 0 Å². The highest BCUT2D eigenvalue weighted by Gasteiger charge is 2.02. The second-order valence-corrected chi connectivity index (χ2v) is 4.72. The number of likely N-dealkylation sites (N-methyl/N-ethyl adjacent to an activating group) is 1. The van der Waals surface area contributed by atoms with E-state index in [9.17, 15) is 0 Å². The molecule has 1 rings (SSSR count). The van der Waals surface area contributed by atoms with E-state index in [0.717, 1.165) is 37.7 Å². The van der Waals surface area contributed by atoms with Crippen molar-refractivity contribution in [2.24, 2.45) is 0 Å². The average Bonchev–Trinajstić information content (AvgIpc) is 2.36. The van der Waals surface area contributed by atoms with E-state index in [1.807, 2.05) is 6.07 Å². The minimum absolute atomic E-state index is 0.569. The number of hydrogen-bond acceptors (Lipinski definition) is 5. The SMILES string of the molecule is CCCNc1cc(NCCN(C)C(C)C)ncn1. The largest absolute Gasteiger partial charge is 0.370 e. The number of anilines is 2. The van der Waals surface area contributed by atoms with Gasteiger partial charge in [-0.2, -0.15) is 0 Å². The number of aromatic nitrogens is 2. The Morgan fingerprint density at radius 2 is 1.78 bits per heavy atom. The molecule has 0 aliphatic carbocycles. The van der Waals surface area contributed by atoms with E-state index >= 15 is 0 Å². The van der Waals surface area contributed by atoms with Crippen molar-refractivity contribution in [2.75, 3.05) is 37.3 Å². The van der Waals surface area contributed by atoms with Crippen LogP contribution in [0.1, 0.15) is 27.2 Å². The fourth-order valence-corrected chi connectivity index (χ4v) is 1.42. The molecule has 0 saturated heterocycles. The molecule has 0 spiro atoms. The molecule has 0 bridgehead atoms. The van der Waals surface area contributed by atoms with Gasteiger partial charge in [-0.3, -0.25) is 0 Å². The Labute approximate surface area is 110 Å². The second-order valence-electron chi connectivity index (χ2n) is 4.72. The van der Waals surface area contributed by atoms with Crippen LogP contribution < -0.4 is 10.6 Å². The summed E-state index contributed by atoms with van der Waals surface area (Å²) < 4.78 is 0. The first-order valence-corrected chi connectivity index (χ1v) is 6.63. The van der Waals surface area contributed by atoms with E-state index in [4.69, 9.17) is 0 Å². The van der Waals surface area contributed by atoms with Crippen LogP contribution in [0.4, 0.5) is 11.6 Å². The van der Waals surface area contributed by atoms with Gasteiger partial charge >= 0.3 is 0 Å². The third kappa shape index (κ3) is 5.31. The summed E-state index contributed by atoms with van der Waals surface area (Å²) in [6, 6.07) is 2.52. The predicted octanol–water partition coefficient (Wildman–Crippen LogP) is 2.05. The maximum atomic E-state index is 4.21. The van der Waals surface area contributed by atoms with E-state index in [1.165, 1.54) is 0 Å². The lowest BCUT2D eigenvalue weighted by molar-refractivity contribution is 0.284. The minimum atomic E-state index is 0.569. The van der Waals surface area contributed by atoms with Gasteiger partial charge < -0.3 is 15.5 Å². The van der Waals surface area contributed by atoms with Crippen molar-refractivity contribution in [1.82, 2.24) is 14.9 Å². The zero-order valence-corrected chi connectivity index (χ0v) is 11.9. The van der Waals surface area contributed by atoms with Gasteiger partial charge in [-0.05, 0) is 27.3 Å². The van der Waals surface area contributed by atoms with Crippen molar-refractivity contribution >= 4 is 11.6 Å². The maximum Gasteiger partial charge on any atom is 0.131 e. The minimum Gasteiger partial charge on any atom is -0.370 e. The Hall–Kier alpha value is -1.36. The van der Waals surface area contributed by atoms with Gasteiger partial charge in [0.1, 0.15) is 18.0 Å². The van der Waals surface area contributed by atoms with Gasteiger partial charge in [0.05, 0.1) is 0 Å². The van der Waals surface area contributed by atoms with E-state index < -0.39 is 0 Å². The van der Waals surface area contributed by atoms with Gasteiger partial charge in [0, 0.05) is 31.7 Å². The molecule has 0 fully saturated rings. The van der Waals surface area contributed by atoms with Crippen molar-refractivity contribution in [2.45, 2.75) is 33.2 Å². The summed E-state index contributed by atoms with van der Waals surface area (Å²) in [5, 5.41) is 6.57. The molecule has 0 atom stereocenters. The maximum absolute atomic E-state index is 4.21. The molecule has 0 amide bonds. The third-order valence-corrected chi connectivity index (χ3v) is 2.88. The standard InChI is InChI=1S/C13H25N5/c1-5-6-14-12-9-13(17-10-16-12)15-7-8-18(4)11(2)3/h9-11H,5-8H2,1-4H3,(H2,14,15,16,17). The Bertz CT molecular complexity index is 340. The fourth-order valence-electron chi connectivity index (χ4n) is 1.42. The normalized spacial score (nSPS) is 11.0. The summed E-state index contributed by atoms with van der Waals surface area (Å²) >= 11 is 0. The summed E-state index contributed by atoms with van der Waals surface area (Å²) in [4.78, 5) is 10.7. The number of rotatable bonds is 8. The number of nitrogens with one attached hydrogen (secondary N) is 2. The molecule has 0 aliphatic heterocycles. The van der Waals surface area contributed by atoms with Crippen LogP contribution in [0.5, 0.6) is 0 Å². The van der Waals surface area contributed by atoms with Gasteiger partial charge in [0.2, 0.25) is 0 Å². The Balaban J connectivity index is 2.37. The van der Waals surface area contributed by atoms with Crippen LogP contribution in [0.2, 0.25) is 0 Å². The molecule has 5 heteroatoms. The molecule has 102 valence electrons. The van der Waals surface area contributed by atoms with E-state index in [0.29, 0.717) is 6.04 Å². The predicted molar refractivity (Wildman–Crippen MR) is 77.1 cm³/mol. The first kappa shape index (κ1) is 14.7. The quantitative estimate of drug-likeness (QED) is 0.740. The van der Waals surface area contributed by atoms with Gasteiger partial charge in [0.15, 0.2) is 0 Å². The number of hydrogen-bond donors (Lipinski definition) is 2. The monoisotopic (exact) mass is 251 g/mol. The lowest BCUT2D eigenvalue weighted by Crippen LogP contribution is -2.31.